The van der Waals surface area contributed by atoms with E-state index in [4.69, 9.17) is 13.9 Å². The highest BCUT2D eigenvalue weighted by Gasteiger charge is 2.29. The van der Waals surface area contributed by atoms with Crippen LogP contribution in [0.15, 0.2) is 52.1 Å². The summed E-state index contributed by atoms with van der Waals surface area (Å²) in [6, 6.07) is 12.0. The molecular weight excluding hydrogens is 432 g/mol. The van der Waals surface area contributed by atoms with E-state index in [1.807, 2.05) is 6.07 Å². The first-order chi connectivity index (χ1) is 15.6. The van der Waals surface area contributed by atoms with Crippen LogP contribution in [-0.2, 0) is 4.79 Å². The molecule has 1 fully saturated rings. The first kappa shape index (κ1) is 21.7. The largest absolute Gasteiger partial charge is 0.494 e. The number of carbonyl (C=O) groups excluding carboxylic acids is 2. The van der Waals surface area contributed by atoms with Crippen molar-refractivity contribution in [3.63, 3.8) is 0 Å². The standard InChI is InChI=1S/C22H22N4O5S/c1-29-17-11-16(24-20(28)13-6-4-3-5-7-13)18(30-2)10-15(17)23-19(27)12-32-22-26-25-21(31-22)14-8-9-14/h3-7,10-11,14H,8-9,12H2,1-2H3,(H,23,27)(H,24,28). The van der Waals surface area contributed by atoms with Crippen molar-refractivity contribution in [1.82, 2.24) is 10.2 Å². The second-order valence-corrected chi connectivity index (χ2v) is 8.02. The van der Waals surface area contributed by atoms with E-state index >= 15 is 0 Å². The van der Waals surface area contributed by atoms with Gasteiger partial charge in [-0.15, -0.1) is 10.2 Å². The average Bonchev–Trinajstić information content (AvgIpc) is 3.56. The third-order valence-corrected chi connectivity index (χ3v) is 5.57. The van der Waals surface area contributed by atoms with Gasteiger partial charge in [-0.1, -0.05) is 30.0 Å². The molecule has 1 aliphatic rings. The molecule has 1 aromatic heterocycles. The van der Waals surface area contributed by atoms with Crippen molar-refractivity contribution >= 4 is 35.0 Å². The SMILES string of the molecule is COc1cc(NC(=O)c2ccccc2)c(OC)cc1NC(=O)CSc1nnc(C2CC2)o1. The number of thioether (sulfide) groups is 1. The smallest absolute Gasteiger partial charge is 0.277 e. The summed E-state index contributed by atoms with van der Waals surface area (Å²) in [5, 5.41) is 13.9. The number of ether oxygens (including phenoxy) is 2. The molecule has 0 atom stereocenters. The molecule has 32 heavy (non-hydrogen) atoms. The lowest BCUT2D eigenvalue weighted by Gasteiger charge is -2.16. The van der Waals surface area contributed by atoms with Gasteiger partial charge in [-0.3, -0.25) is 9.59 Å². The quantitative estimate of drug-likeness (QED) is 0.467. The molecule has 1 heterocycles. The minimum absolute atomic E-state index is 0.0876. The van der Waals surface area contributed by atoms with E-state index in [2.05, 4.69) is 20.8 Å². The van der Waals surface area contributed by atoms with Crippen LogP contribution in [-0.4, -0.2) is 42.0 Å². The Morgan fingerprint density at radius 2 is 1.69 bits per heavy atom. The summed E-state index contributed by atoms with van der Waals surface area (Å²) in [6.07, 6.45) is 2.13. The Kier molecular flexibility index (Phi) is 6.60. The van der Waals surface area contributed by atoms with Gasteiger partial charge in [-0.2, -0.15) is 0 Å². The van der Waals surface area contributed by atoms with Gasteiger partial charge in [-0.25, -0.2) is 0 Å². The molecule has 0 saturated heterocycles. The summed E-state index contributed by atoms with van der Waals surface area (Å²) in [5.41, 5.74) is 1.34. The van der Waals surface area contributed by atoms with Crippen LogP contribution in [0.25, 0.3) is 0 Å². The zero-order valence-corrected chi connectivity index (χ0v) is 18.4. The molecule has 0 aliphatic heterocycles. The lowest BCUT2D eigenvalue weighted by atomic mass is 10.2. The van der Waals surface area contributed by atoms with Gasteiger partial charge in [0.1, 0.15) is 11.5 Å². The minimum Gasteiger partial charge on any atom is -0.494 e. The van der Waals surface area contributed by atoms with Crippen molar-refractivity contribution in [2.75, 3.05) is 30.6 Å². The van der Waals surface area contributed by atoms with E-state index in [1.54, 1.807) is 36.4 Å². The summed E-state index contributed by atoms with van der Waals surface area (Å²) in [4.78, 5) is 25.0. The number of methoxy groups -OCH3 is 2. The van der Waals surface area contributed by atoms with Gasteiger partial charge in [0.05, 0.1) is 31.3 Å². The van der Waals surface area contributed by atoms with Gasteiger partial charge in [0.25, 0.3) is 11.1 Å². The van der Waals surface area contributed by atoms with Crippen molar-refractivity contribution in [3.05, 3.63) is 53.9 Å². The van der Waals surface area contributed by atoms with E-state index in [0.717, 1.165) is 12.8 Å². The second kappa shape index (κ2) is 9.73. The van der Waals surface area contributed by atoms with E-state index in [0.29, 0.717) is 45.5 Å². The molecule has 0 radical (unpaired) electrons. The monoisotopic (exact) mass is 454 g/mol. The van der Waals surface area contributed by atoms with Crippen LogP contribution in [0, 0.1) is 0 Å². The highest BCUT2D eigenvalue weighted by Crippen LogP contribution is 2.40. The summed E-state index contributed by atoms with van der Waals surface area (Å²) >= 11 is 1.17. The molecule has 3 aromatic rings. The van der Waals surface area contributed by atoms with Crippen LogP contribution in [0.5, 0.6) is 11.5 Å². The number of anilines is 2. The van der Waals surface area contributed by atoms with E-state index in [-0.39, 0.29) is 17.6 Å². The Morgan fingerprint density at radius 3 is 2.31 bits per heavy atom. The fourth-order valence-electron chi connectivity index (χ4n) is 2.96. The third-order valence-electron chi connectivity index (χ3n) is 4.76. The fraction of sp³-hybridized carbons (Fsp3) is 0.273. The van der Waals surface area contributed by atoms with Gasteiger partial charge in [0, 0.05) is 23.6 Å². The molecule has 4 rings (SSSR count). The number of hydrogen-bond donors (Lipinski definition) is 2. The number of nitrogens with one attached hydrogen (secondary N) is 2. The molecule has 0 bridgehead atoms. The van der Waals surface area contributed by atoms with Crippen molar-refractivity contribution in [3.8, 4) is 11.5 Å². The highest BCUT2D eigenvalue weighted by molar-refractivity contribution is 7.99. The third kappa shape index (κ3) is 5.20. The molecule has 166 valence electrons. The van der Waals surface area contributed by atoms with Gasteiger partial charge in [-0.05, 0) is 25.0 Å². The Labute approximate surface area is 188 Å². The Bertz CT molecular complexity index is 1110. The normalized spacial score (nSPS) is 12.8. The molecule has 1 aliphatic carbocycles. The number of aromatic nitrogens is 2. The van der Waals surface area contributed by atoms with Crippen molar-refractivity contribution in [2.24, 2.45) is 0 Å². The zero-order chi connectivity index (χ0) is 22.5. The summed E-state index contributed by atoms with van der Waals surface area (Å²) in [6.45, 7) is 0. The van der Waals surface area contributed by atoms with E-state index in [9.17, 15) is 9.59 Å². The summed E-state index contributed by atoms with van der Waals surface area (Å²) in [7, 11) is 2.96. The molecule has 0 spiro atoms. The van der Waals surface area contributed by atoms with Crippen LogP contribution in [0.3, 0.4) is 0 Å². The van der Waals surface area contributed by atoms with Crippen LogP contribution in [0.1, 0.15) is 35.0 Å². The Morgan fingerprint density at radius 1 is 1.03 bits per heavy atom. The van der Waals surface area contributed by atoms with Crippen LogP contribution >= 0.6 is 11.8 Å². The van der Waals surface area contributed by atoms with Gasteiger partial charge in [0.2, 0.25) is 11.8 Å². The van der Waals surface area contributed by atoms with Crippen molar-refractivity contribution < 1.29 is 23.5 Å². The first-order valence-corrected chi connectivity index (χ1v) is 10.9. The molecule has 0 unspecified atom stereocenters. The maximum atomic E-state index is 12.5. The average molecular weight is 455 g/mol. The van der Waals surface area contributed by atoms with Gasteiger partial charge < -0.3 is 24.5 Å². The number of amides is 2. The lowest BCUT2D eigenvalue weighted by Crippen LogP contribution is -2.16. The molecule has 9 nitrogen and oxygen atoms in total. The van der Waals surface area contributed by atoms with Crippen molar-refractivity contribution in [2.45, 2.75) is 24.0 Å². The van der Waals surface area contributed by atoms with Gasteiger partial charge in [0.15, 0.2) is 0 Å². The predicted molar refractivity (Wildman–Crippen MR) is 120 cm³/mol. The number of nitrogens with zero attached hydrogens (tertiary/aromatic N) is 2. The summed E-state index contributed by atoms with van der Waals surface area (Å²) < 4.78 is 16.4. The topological polar surface area (TPSA) is 116 Å². The molecular formula is C22H22N4O5S. The fourth-order valence-corrected chi connectivity index (χ4v) is 3.53. The maximum absolute atomic E-state index is 12.5. The van der Waals surface area contributed by atoms with E-state index in [1.165, 1.54) is 26.0 Å². The highest BCUT2D eigenvalue weighted by atomic mass is 32.2. The minimum atomic E-state index is -0.288. The molecule has 2 amide bonds. The lowest BCUT2D eigenvalue weighted by molar-refractivity contribution is -0.113. The van der Waals surface area contributed by atoms with Crippen LogP contribution < -0.4 is 20.1 Å². The first-order valence-electron chi connectivity index (χ1n) is 9.96. The molecule has 2 N–H and O–H groups in total. The zero-order valence-electron chi connectivity index (χ0n) is 17.6. The van der Waals surface area contributed by atoms with Gasteiger partial charge >= 0.3 is 0 Å². The van der Waals surface area contributed by atoms with Crippen LogP contribution in [0.2, 0.25) is 0 Å². The maximum Gasteiger partial charge on any atom is 0.277 e. The van der Waals surface area contributed by atoms with E-state index < -0.39 is 0 Å². The molecule has 10 heteroatoms. The molecule has 1 saturated carbocycles. The van der Waals surface area contributed by atoms with Crippen molar-refractivity contribution in [1.29, 1.82) is 0 Å². The predicted octanol–water partition coefficient (Wildman–Crippen LogP) is 3.95. The number of benzene rings is 2. The van der Waals surface area contributed by atoms with Crippen LogP contribution in [0.4, 0.5) is 11.4 Å². The number of hydrogen-bond acceptors (Lipinski definition) is 8. The Hall–Kier alpha value is -3.53. The number of rotatable bonds is 9. The number of carbonyl (C=O) groups is 2. The Balaban J connectivity index is 1.43. The second-order valence-electron chi connectivity index (χ2n) is 7.09. The summed E-state index contributed by atoms with van der Waals surface area (Å²) in [5.74, 6) is 1.28. The molecule has 2 aromatic carbocycles.